The molecule has 0 radical (unpaired) electrons. The van der Waals surface area contributed by atoms with Gasteiger partial charge in [-0.05, 0) is 28.7 Å². The van der Waals surface area contributed by atoms with Gasteiger partial charge in [-0.3, -0.25) is 10.1 Å². The zero-order chi connectivity index (χ0) is 9.30. The molecule has 0 amide bonds. The Labute approximate surface area is 79.7 Å². The number of halogens is 3. The molecule has 64 valence electrons. The van der Waals surface area contributed by atoms with E-state index in [0.29, 0.717) is 6.07 Å². The van der Waals surface area contributed by atoms with Crippen molar-refractivity contribution in [1.82, 2.24) is 0 Å². The van der Waals surface area contributed by atoms with Crippen LogP contribution < -0.4 is 0 Å². The first-order valence-electron chi connectivity index (χ1n) is 2.81. The third-order valence-corrected chi connectivity index (χ3v) is 2.01. The van der Waals surface area contributed by atoms with Crippen molar-refractivity contribution in [3.63, 3.8) is 0 Å². The molecule has 1 aromatic carbocycles. The fraction of sp³-hybridized carbons (Fsp3) is 0. The molecule has 0 heterocycles. The Morgan fingerprint density at radius 3 is 2.42 bits per heavy atom. The predicted octanol–water partition coefficient (Wildman–Crippen LogP) is 2.48. The number of rotatable bonds is 1. The smallest absolute Gasteiger partial charge is 0.258 e. The van der Waals surface area contributed by atoms with Crippen molar-refractivity contribution in [2.45, 2.75) is 0 Å². The Kier molecular flexibility index (Phi) is 2.55. The average molecular weight is 285 g/mol. The number of hydrogen-bond acceptors (Lipinski definition) is 2. The molecule has 0 N–H and O–H groups in total. The Morgan fingerprint density at radius 2 is 1.92 bits per heavy atom. The highest BCUT2D eigenvalue weighted by atomic mass is 127. The van der Waals surface area contributed by atoms with E-state index in [1.54, 1.807) is 22.6 Å². The minimum absolute atomic E-state index is 0.0238. The van der Waals surface area contributed by atoms with Crippen LogP contribution in [0.25, 0.3) is 0 Å². The zero-order valence-corrected chi connectivity index (χ0v) is 7.71. The SMILES string of the molecule is O=[N+]([O-])c1cc(F)c(I)cc1F. The lowest BCUT2D eigenvalue weighted by Gasteiger charge is -1.95. The second kappa shape index (κ2) is 3.30. The fourth-order valence-corrected chi connectivity index (χ4v) is 1.08. The maximum atomic E-state index is 12.7. The topological polar surface area (TPSA) is 43.1 Å². The summed E-state index contributed by atoms with van der Waals surface area (Å²) in [7, 11) is 0. The molecule has 0 saturated carbocycles. The maximum absolute atomic E-state index is 12.7. The van der Waals surface area contributed by atoms with Gasteiger partial charge in [0.05, 0.1) is 14.6 Å². The van der Waals surface area contributed by atoms with Gasteiger partial charge in [0.25, 0.3) is 0 Å². The van der Waals surface area contributed by atoms with Crippen LogP contribution in [-0.4, -0.2) is 4.92 Å². The predicted molar refractivity (Wildman–Crippen MR) is 45.7 cm³/mol. The van der Waals surface area contributed by atoms with Crippen molar-refractivity contribution in [3.8, 4) is 0 Å². The van der Waals surface area contributed by atoms with Crippen molar-refractivity contribution in [1.29, 1.82) is 0 Å². The molecule has 0 aromatic heterocycles. The van der Waals surface area contributed by atoms with Crippen LogP contribution in [-0.2, 0) is 0 Å². The van der Waals surface area contributed by atoms with Gasteiger partial charge in [-0.2, -0.15) is 4.39 Å². The van der Waals surface area contributed by atoms with E-state index in [4.69, 9.17) is 0 Å². The summed E-state index contributed by atoms with van der Waals surface area (Å²) in [6, 6.07) is 1.35. The zero-order valence-electron chi connectivity index (χ0n) is 5.55. The second-order valence-electron chi connectivity index (χ2n) is 1.97. The van der Waals surface area contributed by atoms with Crippen molar-refractivity contribution >= 4 is 28.3 Å². The Hall–Kier alpha value is -0.790. The highest BCUT2D eigenvalue weighted by Gasteiger charge is 2.16. The quantitative estimate of drug-likeness (QED) is 0.344. The van der Waals surface area contributed by atoms with E-state index in [1.807, 2.05) is 0 Å². The van der Waals surface area contributed by atoms with Gasteiger partial charge in [0.15, 0.2) is 0 Å². The Bertz CT molecular complexity index is 343. The molecule has 3 nitrogen and oxygen atoms in total. The highest BCUT2D eigenvalue weighted by molar-refractivity contribution is 14.1. The molecule has 0 saturated heterocycles. The minimum atomic E-state index is -1.02. The van der Waals surface area contributed by atoms with Crippen LogP contribution in [0.5, 0.6) is 0 Å². The lowest BCUT2D eigenvalue weighted by Crippen LogP contribution is -1.95. The van der Waals surface area contributed by atoms with Crippen LogP contribution in [0.15, 0.2) is 12.1 Å². The lowest BCUT2D eigenvalue weighted by atomic mass is 10.3. The largest absolute Gasteiger partial charge is 0.307 e. The summed E-state index contributed by atoms with van der Waals surface area (Å²) >= 11 is 1.55. The molecule has 0 bridgehead atoms. The number of nitrogens with zero attached hydrogens (tertiary/aromatic N) is 1. The van der Waals surface area contributed by atoms with Crippen molar-refractivity contribution in [2.75, 3.05) is 0 Å². The molecule has 0 unspecified atom stereocenters. The second-order valence-corrected chi connectivity index (χ2v) is 3.14. The van der Waals surface area contributed by atoms with E-state index in [0.717, 1.165) is 6.07 Å². The first-order chi connectivity index (χ1) is 5.52. The molecule has 0 atom stereocenters. The van der Waals surface area contributed by atoms with Gasteiger partial charge in [-0.1, -0.05) is 0 Å². The van der Waals surface area contributed by atoms with E-state index < -0.39 is 22.2 Å². The summed E-state index contributed by atoms with van der Waals surface area (Å²) in [4.78, 5) is 9.12. The number of benzene rings is 1. The summed E-state index contributed by atoms with van der Waals surface area (Å²) in [5.74, 6) is -1.81. The van der Waals surface area contributed by atoms with Crippen molar-refractivity contribution in [3.05, 3.63) is 37.5 Å². The van der Waals surface area contributed by atoms with Gasteiger partial charge in [0.2, 0.25) is 5.82 Å². The molecule has 1 aromatic rings. The summed E-state index contributed by atoms with van der Waals surface area (Å²) in [6.45, 7) is 0. The lowest BCUT2D eigenvalue weighted by molar-refractivity contribution is -0.387. The van der Waals surface area contributed by atoms with E-state index in [9.17, 15) is 18.9 Å². The fourth-order valence-electron chi connectivity index (χ4n) is 0.652. The first-order valence-corrected chi connectivity index (χ1v) is 3.89. The van der Waals surface area contributed by atoms with E-state index in [1.165, 1.54) is 0 Å². The van der Waals surface area contributed by atoms with Crippen LogP contribution >= 0.6 is 22.6 Å². The molecule has 0 fully saturated rings. The molecular weight excluding hydrogens is 283 g/mol. The average Bonchev–Trinajstić information content (AvgIpc) is 1.96. The van der Waals surface area contributed by atoms with Crippen LogP contribution in [0.1, 0.15) is 0 Å². The molecule has 6 heteroatoms. The van der Waals surface area contributed by atoms with Gasteiger partial charge in [-0.15, -0.1) is 0 Å². The van der Waals surface area contributed by atoms with Gasteiger partial charge < -0.3 is 0 Å². The van der Waals surface area contributed by atoms with Gasteiger partial charge >= 0.3 is 5.69 Å². The molecule has 0 aliphatic heterocycles. The molecule has 1 rings (SSSR count). The number of nitro benzene ring substituents is 1. The summed E-state index contributed by atoms with van der Waals surface area (Å²) in [6.07, 6.45) is 0. The Morgan fingerprint density at radius 1 is 1.33 bits per heavy atom. The minimum Gasteiger partial charge on any atom is -0.258 e. The van der Waals surface area contributed by atoms with E-state index >= 15 is 0 Å². The molecule has 12 heavy (non-hydrogen) atoms. The highest BCUT2D eigenvalue weighted by Crippen LogP contribution is 2.21. The molecule has 0 spiro atoms. The van der Waals surface area contributed by atoms with Crippen LogP contribution in [0, 0.1) is 25.3 Å². The summed E-state index contributed by atoms with van der Waals surface area (Å²) in [5.41, 5.74) is -0.840. The number of nitro groups is 1. The maximum Gasteiger partial charge on any atom is 0.307 e. The monoisotopic (exact) mass is 285 g/mol. The van der Waals surface area contributed by atoms with Crippen molar-refractivity contribution < 1.29 is 13.7 Å². The van der Waals surface area contributed by atoms with Gasteiger partial charge in [0.1, 0.15) is 5.82 Å². The number of hydrogen-bond donors (Lipinski definition) is 0. The van der Waals surface area contributed by atoms with Crippen molar-refractivity contribution in [2.24, 2.45) is 0 Å². The third kappa shape index (κ3) is 1.68. The molecular formula is C6H2F2INO2. The van der Waals surface area contributed by atoms with Crippen LogP contribution in [0.3, 0.4) is 0 Å². The summed E-state index contributed by atoms with van der Waals surface area (Å²) in [5, 5.41) is 10.1. The van der Waals surface area contributed by atoms with Gasteiger partial charge in [-0.25, -0.2) is 4.39 Å². The first kappa shape index (κ1) is 9.30. The normalized spacial score (nSPS) is 9.92. The van der Waals surface area contributed by atoms with Crippen LogP contribution in [0.4, 0.5) is 14.5 Å². The molecule has 0 aliphatic rings. The van der Waals surface area contributed by atoms with Crippen LogP contribution in [0.2, 0.25) is 0 Å². The van der Waals surface area contributed by atoms with E-state index in [-0.39, 0.29) is 3.57 Å². The summed E-state index contributed by atoms with van der Waals surface area (Å²) < 4.78 is 25.3. The third-order valence-electron chi connectivity index (χ3n) is 1.19. The Balaban J connectivity index is 3.33. The van der Waals surface area contributed by atoms with E-state index in [2.05, 4.69) is 0 Å². The standard InChI is InChI=1S/C6H2F2INO2/c7-3-2-6(10(11)12)4(8)1-5(3)9/h1-2H. The molecule has 0 aliphatic carbocycles. The van der Waals surface area contributed by atoms with Gasteiger partial charge in [0, 0.05) is 0 Å².